The van der Waals surface area contributed by atoms with Gasteiger partial charge in [-0.1, -0.05) is 0 Å². The van der Waals surface area contributed by atoms with E-state index >= 15 is 0 Å². The van der Waals surface area contributed by atoms with Crippen molar-refractivity contribution in [1.29, 1.82) is 0 Å². The van der Waals surface area contributed by atoms with Crippen LogP contribution in [0.15, 0.2) is 22.5 Å². The molecule has 0 atom stereocenters. The Labute approximate surface area is 175 Å². The Bertz CT molecular complexity index is 559. The molecule has 0 aromatic carbocycles. The van der Waals surface area contributed by atoms with Gasteiger partial charge in [0.15, 0.2) is 5.96 Å². The summed E-state index contributed by atoms with van der Waals surface area (Å²) in [6, 6.07) is 4.90. The van der Waals surface area contributed by atoms with E-state index in [1.54, 1.807) is 0 Å². The van der Waals surface area contributed by atoms with Gasteiger partial charge in [0, 0.05) is 58.4 Å². The van der Waals surface area contributed by atoms with Gasteiger partial charge >= 0.3 is 0 Å². The SMILES string of the molecule is CCNC(=NCCCCN1CCN(C)CC1)NC1CCN(c2cccs2)CC1. The Hall–Kier alpha value is -1.31. The molecule has 1 aromatic heterocycles. The highest BCUT2D eigenvalue weighted by Gasteiger charge is 2.20. The minimum atomic E-state index is 0.527. The topological polar surface area (TPSA) is 46.1 Å². The van der Waals surface area contributed by atoms with Crippen LogP contribution in [0.25, 0.3) is 0 Å². The average Bonchev–Trinajstić information content (AvgIpc) is 3.25. The third-order valence-electron chi connectivity index (χ3n) is 5.75. The van der Waals surface area contributed by atoms with Gasteiger partial charge < -0.3 is 25.3 Å². The van der Waals surface area contributed by atoms with Gasteiger partial charge in [0.25, 0.3) is 0 Å². The Balaban J connectivity index is 1.33. The number of nitrogens with one attached hydrogen (secondary N) is 2. The van der Waals surface area contributed by atoms with Crippen molar-refractivity contribution in [3.63, 3.8) is 0 Å². The molecule has 1 aromatic rings. The number of nitrogens with zero attached hydrogens (tertiary/aromatic N) is 4. The molecule has 0 saturated carbocycles. The number of unbranched alkanes of at least 4 members (excludes halogenated alkanes) is 1. The monoisotopic (exact) mass is 406 g/mol. The van der Waals surface area contributed by atoms with Crippen LogP contribution in [0.5, 0.6) is 0 Å². The summed E-state index contributed by atoms with van der Waals surface area (Å²) >= 11 is 1.84. The zero-order valence-electron chi connectivity index (χ0n) is 17.7. The summed E-state index contributed by atoms with van der Waals surface area (Å²) in [6.07, 6.45) is 4.75. The summed E-state index contributed by atoms with van der Waals surface area (Å²) in [5.74, 6) is 0.997. The number of aliphatic imine (C=N–C) groups is 1. The second-order valence-corrected chi connectivity index (χ2v) is 8.90. The molecule has 0 bridgehead atoms. The second kappa shape index (κ2) is 11.6. The first-order valence-electron chi connectivity index (χ1n) is 11.0. The molecule has 0 radical (unpaired) electrons. The summed E-state index contributed by atoms with van der Waals surface area (Å²) in [5.41, 5.74) is 0. The molecule has 0 spiro atoms. The highest BCUT2D eigenvalue weighted by atomic mass is 32.1. The van der Waals surface area contributed by atoms with E-state index < -0.39 is 0 Å². The number of rotatable bonds is 8. The van der Waals surface area contributed by atoms with E-state index in [1.807, 2.05) is 11.3 Å². The van der Waals surface area contributed by atoms with Crippen molar-refractivity contribution in [3.8, 4) is 0 Å². The van der Waals surface area contributed by atoms with Gasteiger partial charge in [-0.2, -0.15) is 0 Å². The molecule has 158 valence electrons. The van der Waals surface area contributed by atoms with Crippen molar-refractivity contribution in [2.75, 3.05) is 70.9 Å². The number of piperazine rings is 1. The van der Waals surface area contributed by atoms with Crippen molar-refractivity contribution in [3.05, 3.63) is 17.5 Å². The van der Waals surface area contributed by atoms with Gasteiger partial charge in [0.1, 0.15) is 0 Å². The van der Waals surface area contributed by atoms with Crippen molar-refractivity contribution < 1.29 is 0 Å². The zero-order valence-corrected chi connectivity index (χ0v) is 18.5. The maximum atomic E-state index is 4.83. The van der Waals surface area contributed by atoms with E-state index in [0.29, 0.717) is 6.04 Å². The van der Waals surface area contributed by atoms with Crippen LogP contribution < -0.4 is 15.5 Å². The van der Waals surface area contributed by atoms with Gasteiger partial charge in [0.2, 0.25) is 0 Å². The minimum absolute atomic E-state index is 0.527. The van der Waals surface area contributed by atoms with Crippen molar-refractivity contribution >= 4 is 22.3 Å². The van der Waals surface area contributed by atoms with Crippen LogP contribution >= 0.6 is 11.3 Å². The molecule has 28 heavy (non-hydrogen) atoms. The first-order chi connectivity index (χ1) is 13.7. The van der Waals surface area contributed by atoms with Crippen molar-refractivity contribution in [1.82, 2.24) is 20.4 Å². The molecule has 2 aliphatic rings. The van der Waals surface area contributed by atoms with Crippen LogP contribution in [0.1, 0.15) is 32.6 Å². The molecule has 2 fully saturated rings. The summed E-state index contributed by atoms with van der Waals surface area (Å²) in [7, 11) is 2.22. The lowest BCUT2D eigenvalue weighted by molar-refractivity contribution is 0.152. The summed E-state index contributed by atoms with van der Waals surface area (Å²) in [4.78, 5) is 12.3. The lowest BCUT2D eigenvalue weighted by atomic mass is 10.1. The van der Waals surface area contributed by atoms with Gasteiger partial charge in [-0.15, -0.1) is 11.3 Å². The van der Waals surface area contributed by atoms with E-state index in [9.17, 15) is 0 Å². The first kappa shape index (κ1) is 21.4. The second-order valence-electron chi connectivity index (χ2n) is 7.97. The maximum absolute atomic E-state index is 4.83. The number of hydrogen-bond acceptors (Lipinski definition) is 5. The maximum Gasteiger partial charge on any atom is 0.191 e. The lowest BCUT2D eigenvalue weighted by Crippen LogP contribution is -2.48. The van der Waals surface area contributed by atoms with Gasteiger partial charge in [-0.25, -0.2) is 0 Å². The van der Waals surface area contributed by atoms with Crippen molar-refractivity contribution in [2.24, 2.45) is 4.99 Å². The van der Waals surface area contributed by atoms with Crippen LogP contribution in [0, 0.1) is 0 Å². The fraction of sp³-hybridized carbons (Fsp3) is 0.762. The molecule has 2 N–H and O–H groups in total. The third-order valence-corrected chi connectivity index (χ3v) is 6.68. The van der Waals surface area contributed by atoms with E-state index in [0.717, 1.165) is 32.1 Å². The van der Waals surface area contributed by atoms with Crippen LogP contribution in [-0.2, 0) is 0 Å². The number of likely N-dealkylation sites (N-methyl/N-ethyl adjacent to an activating group) is 1. The van der Waals surface area contributed by atoms with Crippen LogP contribution in [0.4, 0.5) is 5.00 Å². The van der Waals surface area contributed by atoms with Gasteiger partial charge in [0.05, 0.1) is 5.00 Å². The molecule has 6 nitrogen and oxygen atoms in total. The number of thiophene rings is 1. The molecule has 3 heterocycles. The van der Waals surface area contributed by atoms with Crippen LogP contribution in [0.2, 0.25) is 0 Å². The van der Waals surface area contributed by atoms with Crippen LogP contribution in [0.3, 0.4) is 0 Å². The third kappa shape index (κ3) is 6.94. The summed E-state index contributed by atoms with van der Waals surface area (Å²) in [5, 5.41) is 10.7. The quantitative estimate of drug-likeness (QED) is 0.394. The number of guanidine groups is 1. The molecule has 0 aliphatic carbocycles. The Kier molecular flexibility index (Phi) is 8.89. The number of anilines is 1. The normalized spacial score (nSPS) is 20.5. The Morgan fingerprint density at radius 1 is 1.14 bits per heavy atom. The summed E-state index contributed by atoms with van der Waals surface area (Å²) in [6.45, 7) is 12.3. The largest absolute Gasteiger partial charge is 0.363 e. The van der Waals surface area contributed by atoms with Crippen molar-refractivity contribution in [2.45, 2.75) is 38.6 Å². The molecule has 7 heteroatoms. The lowest BCUT2D eigenvalue weighted by Gasteiger charge is -2.33. The van der Waals surface area contributed by atoms with Gasteiger partial charge in [-0.05, 0) is 63.7 Å². The molecule has 2 saturated heterocycles. The predicted octanol–water partition coefficient (Wildman–Crippen LogP) is 2.30. The smallest absolute Gasteiger partial charge is 0.191 e. The Morgan fingerprint density at radius 2 is 1.93 bits per heavy atom. The van der Waals surface area contributed by atoms with E-state index in [-0.39, 0.29) is 0 Å². The van der Waals surface area contributed by atoms with E-state index in [1.165, 1.54) is 63.4 Å². The standard InChI is InChI=1S/C21H38N6S/c1-3-22-21(23-10-4-5-11-26-16-14-25(2)15-17-26)24-19-8-12-27(13-9-19)20-7-6-18-28-20/h6-7,18-19H,3-5,8-17H2,1-2H3,(H2,22,23,24). The molecule has 0 amide bonds. The molecular weight excluding hydrogens is 368 g/mol. The fourth-order valence-electron chi connectivity index (χ4n) is 3.92. The molecule has 2 aliphatic heterocycles. The first-order valence-corrected chi connectivity index (χ1v) is 11.9. The predicted molar refractivity (Wildman–Crippen MR) is 122 cm³/mol. The number of piperidine rings is 1. The van der Waals surface area contributed by atoms with E-state index in [2.05, 4.69) is 56.8 Å². The average molecular weight is 407 g/mol. The molecule has 3 rings (SSSR count). The minimum Gasteiger partial charge on any atom is -0.363 e. The van der Waals surface area contributed by atoms with Gasteiger partial charge in [-0.3, -0.25) is 4.99 Å². The fourth-order valence-corrected chi connectivity index (χ4v) is 4.70. The Morgan fingerprint density at radius 3 is 2.61 bits per heavy atom. The summed E-state index contributed by atoms with van der Waals surface area (Å²) < 4.78 is 0. The highest BCUT2D eigenvalue weighted by molar-refractivity contribution is 7.14. The van der Waals surface area contributed by atoms with E-state index in [4.69, 9.17) is 4.99 Å². The molecule has 0 unspecified atom stereocenters. The number of hydrogen-bond donors (Lipinski definition) is 2. The highest BCUT2D eigenvalue weighted by Crippen LogP contribution is 2.24. The zero-order chi connectivity index (χ0) is 19.6. The van der Waals surface area contributed by atoms with Crippen LogP contribution in [-0.4, -0.2) is 87.8 Å². The molecular formula is C21H38N6S.